The molecule has 0 amide bonds. The Balaban J connectivity index is 2.13. The van der Waals surface area contributed by atoms with Gasteiger partial charge in [-0.05, 0) is 5.56 Å². The number of aromatic amines is 2. The zero-order valence-corrected chi connectivity index (χ0v) is 11.2. The monoisotopic (exact) mass is 304 g/mol. The summed E-state index contributed by atoms with van der Waals surface area (Å²) < 4.78 is 33.0. The Kier molecular flexibility index (Phi) is 3.46. The summed E-state index contributed by atoms with van der Waals surface area (Å²) in [5.74, 6) is -2.46. The van der Waals surface area contributed by atoms with Crippen LogP contribution < -0.4 is 16.0 Å². The Morgan fingerprint density at radius 1 is 1.00 bits per heavy atom. The topological polar surface area (TPSA) is 74.9 Å². The number of hydrogen-bond donors (Lipinski definition) is 2. The number of H-pyrrole nitrogens is 2. The molecule has 2 N–H and O–H groups in total. The van der Waals surface area contributed by atoms with Gasteiger partial charge in [-0.15, -0.1) is 0 Å². The molecule has 0 bridgehead atoms. The van der Waals surface area contributed by atoms with E-state index in [4.69, 9.17) is 4.74 Å². The van der Waals surface area contributed by atoms with Crippen LogP contribution in [-0.4, -0.2) is 9.97 Å². The van der Waals surface area contributed by atoms with Crippen molar-refractivity contribution in [2.45, 2.75) is 6.61 Å². The van der Waals surface area contributed by atoms with Crippen molar-refractivity contribution in [2.75, 3.05) is 0 Å². The first-order chi connectivity index (χ1) is 10.6. The number of hydrogen-bond acceptors (Lipinski definition) is 3. The quantitative estimate of drug-likeness (QED) is 0.778. The van der Waals surface area contributed by atoms with E-state index >= 15 is 0 Å². The van der Waals surface area contributed by atoms with Crippen molar-refractivity contribution >= 4 is 10.9 Å². The van der Waals surface area contributed by atoms with Crippen molar-refractivity contribution < 1.29 is 13.5 Å². The second-order valence-corrected chi connectivity index (χ2v) is 4.60. The highest BCUT2D eigenvalue weighted by Gasteiger charge is 2.18. The zero-order valence-electron chi connectivity index (χ0n) is 11.2. The maximum Gasteiger partial charge on any atom is 0.326 e. The fourth-order valence-corrected chi connectivity index (χ4v) is 2.12. The predicted molar refractivity (Wildman–Crippen MR) is 75.9 cm³/mol. The Morgan fingerprint density at radius 2 is 1.73 bits per heavy atom. The lowest BCUT2D eigenvalue weighted by molar-refractivity contribution is 0.293. The molecule has 3 aromatic rings. The van der Waals surface area contributed by atoms with Gasteiger partial charge < -0.3 is 9.72 Å². The highest BCUT2D eigenvalue weighted by atomic mass is 19.1. The number of ether oxygens (including phenoxy) is 1. The van der Waals surface area contributed by atoms with Gasteiger partial charge in [-0.2, -0.15) is 0 Å². The molecular formula is C15H10F2N2O3. The standard InChI is InChI=1S/C15H10F2N2O3/c16-9-6-10(17)13(22-7-8-4-2-1-3-5-8)11-12(9)18-15(21)19-14(11)20/h1-6H,7H2,(H2,18,19,20,21). The molecule has 0 aliphatic heterocycles. The second-order valence-electron chi connectivity index (χ2n) is 4.60. The Bertz CT molecular complexity index is 949. The van der Waals surface area contributed by atoms with Gasteiger partial charge in [0, 0.05) is 6.07 Å². The van der Waals surface area contributed by atoms with E-state index in [2.05, 4.69) is 4.98 Å². The van der Waals surface area contributed by atoms with Crippen molar-refractivity contribution in [3.63, 3.8) is 0 Å². The number of benzene rings is 2. The second kappa shape index (κ2) is 5.44. The molecule has 0 atom stereocenters. The highest BCUT2D eigenvalue weighted by molar-refractivity contribution is 5.84. The molecule has 112 valence electrons. The number of halogens is 2. The minimum absolute atomic E-state index is 0.00292. The van der Waals surface area contributed by atoms with Crippen molar-refractivity contribution in [2.24, 2.45) is 0 Å². The van der Waals surface area contributed by atoms with Crippen LogP contribution in [-0.2, 0) is 6.61 Å². The molecule has 0 saturated carbocycles. The van der Waals surface area contributed by atoms with E-state index in [-0.39, 0.29) is 12.0 Å². The van der Waals surface area contributed by atoms with Crippen LogP contribution in [0.25, 0.3) is 10.9 Å². The molecule has 0 fully saturated rings. The molecule has 0 radical (unpaired) electrons. The van der Waals surface area contributed by atoms with Gasteiger partial charge in [0.2, 0.25) is 0 Å². The van der Waals surface area contributed by atoms with Gasteiger partial charge in [0.25, 0.3) is 5.56 Å². The molecule has 0 saturated heterocycles. The van der Waals surface area contributed by atoms with Crippen molar-refractivity contribution in [1.82, 2.24) is 9.97 Å². The lowest BCUT2D eigenvalue weighted by Gasteiger charge is -2.10. The number of aromatic nitrogens is 2. The average molecular weight is 304 g/mol. The highest BCUT2D eigenvalue weighted by Crippen LogP contribution is 2.27. The summed E-state index contributed by atoms with van der Waals surface area (Å²) in [7, 11) is 0. The molecule has 7 heteroatoms. The van der Waals surface area contributed by atoms with Crippen LogP contribution in [0.3, 0.4) is 0 Å². The molecule has 1 aromatic heterocycles. The van der Waals surface area contributed by atoms with Crippen molar-refractivity contribution in [3.8, 4) is 5.75 Å². The molecule has 2 aromatic carbocycles. The molecule has 3 rings (SSSR count). The zero-order chi connectivity index (χ0) is 15.7. The number of nitrogens with one attached hydrogen (secondary N) is 2. The molecule has 5 nitrogen and oxygen atoms in total. The maximum absolute atomic E-state index is 14.0. The van der Waals surface area contributed by atoms with E-state index in [1.807, 2.05) is 11.1 Å². The minimum Gasteiger partial charge on any atom is -0.485 e. The number of fused-ring (bicyclic) bond motifs is 1. The van der Waals surface area contributed by atoms with Gasteiger partial charge in [-0.3, -0.25) is 9.78 Å². The number of rotatable bonds is 3. The first-order valence-corrected chi connectivity index (χ1v) is 6.37. The third kappa shape index (κ3) is 2.48. The van der Waals surface area contributed by atoms with Crippen LogP contribution in [0.2, 0.25) is 0 Å². The van der Waals surface area contributed by atoms with Crippen LogP contribution in [0.4, 0.5) is 8.78 Å². The van der Waals surface area contributed by atoms with E-state index in [0.717, 1.165) is 5.56 Å². The van der Waals surface area contributed by atoms with E-state index in [1.165, 1.54) is 0 Å². The SMILES string of the molecule is O=c1[nH]c(=O)c2c(OCc3ccccc3)c(F)cc(F)c2[nH]1. The summed E-state index contributed by atoms with van der Waals surface area (Å²) in [6.07, 6.45) is 0. The summed E-state index contributed by atoms with van der Waals surface area (Å²) in [6, 6.07) is 9.46. The lowest BCUT2D eigenvalue weighted by atomic mass is 10.2. The van der Waals surface area contributed by atoms with Gasteiger partial charge in [-0.1, -0.05) is 30.3 Å². The first-order valence-electron chi connectivity index (χ1n) is 6.37. The summed E-state index contributed by atoms with van der Waals surface area (Å²) in [5.41, 5.74) is -1.43. The third-order valence-electron chi connectivity index (χ3n) is 3.10. The van der Waals surface area contributed by atoms with Gasteiger partial charge in [0.15, 0.2) is 17.4 Å². The van der Waals surface area contributed by atoms with E-state index in [1.54, 1.807) is 24.3 Å². The van der Waals surface area contributed by atoms with E-state index in [0.29, 0.717) is 6.07 Å². The van der Waals surface area contributed by atoms with Gasteiger partial charge >= 0.3 is 5.69 Å². The van der Waals surface area contributed by atoms with Crippen LogP contribution in [0, 0.1) is 11.6 Å². The molecule has 0 spiro atoms. The van der Waals surface area contributed by atoms with Crippen molar-refractivity contribution in [1.29, 1.82) is 0 Å². The fourth-order valence-electron chi connectivity index (χ4n) is 2.12. The van der Waals surface area contributed by atoms with Gasteiger partial charge in [-0.25, -0.2) is 13.6 Å². The van der Waals surface area contributed by atoms with Crippen LogP contribution >= 0.6 is 0 Å². The summed E-state index contributed by atoms with van der Waals surface area (Å²) >= 11 is 0. The Morgan fingerprint density at radius 3 is 2.45 bits per heavy atom. The van der Waals surface area contributed by atoms with Gasteiger partial charge in [0.05, 0.1) is 5.52 Å². The Hall–Kier alpha value is -2.96. The predicted octanol–water partition coefficient (Wildman–Crippen LogP) is 2.07. The van der Waals surface area contributed by atoms with Crippen LogP contribution in [0.1, 0.15) is 5.56 Å². The Labute approximate surface area is 122 Å². The molecule has 0 aliphatic rings. The van der Waals surface area contributed by atoms with Gasteiger partial charge in [0.1, 0.15) is 12.0 Å². The first kappa shape index (κ1) is 14.0. The van der Waals surface area contributed by atoms with E-state index in [9.17, 15) is 18.4 Å². The van der Waals surface area contributed by atoms with Crippen LogP contribution in [0.5, 0.6) is 5.75 Å². The average Bonchev–Trinajstić information content (AvgIpc) is 2.48. The van der Waals surface area contributed by atoms with Crippen LogP contribution in [0.15, 0.2) is 46.0 Å². The van der Waals surface area contributed by atoms with Crippen molar-refractivity contribution in [3.05, 3.63) is 74.4 Å². The molecule has 22 heavy (non-hydrogen) atoms. The summed E-state index contributed by atoms with van der Waals surface area (Å²) in [6.45, 7) is -0.00292. The summed E-state index contributed by atoms with van der Waals surface area (Å²) in [5, 5.41) is -0.368. The molecule has 1 heterocycles. The lowest BCUT2D eigenvalue weighted by Crippen LogP contribution is -2.23. The summed E-state index contributed by atoms with van der Waals surface area (Å²) in [4.78, 5) is 27.1. The molecular weight excluding hydrogens is 294 g/mol. The minimum atomic E-state index is -1.04. The smallest absolute Gasteiger partial charge is 0.326 e. The maximum atomic E-state index is 14.0. The largest absolute Gasteiger partial charge is 0.485 e. The normalized spacial score (nSPS) is 10.8. The third-order valence-corrected chi connectivity index (χ3v) is 3.10. The molecule has 0 aliphatic carbocycles. The fraction of sp³-hybridized carbons (Fsp3) is 0.0667. The molecule has 0 unspecified atom stereocenters. The van der Waals surface area contributed by atoms with E-state index < -0.39 is 34.1 Å².